The number of nitro benzene ring substituents is 1. The molecule has 2 aromatic rings. The van der Waals surface area contributed by atoms with E-state index in [1.165, 1.54) is 24.3 Å². The topological polar surface area (TPSA) is 88.0 Å². The molecule has 0 spiro atoms. The van der Waals surface area contributed by atoms with Crippen LogP contribution in [0.1, 0.15) is 6.92 Å². The van der Waals surface area contributed by atoms with Crippen molar-refractivity contribution in [2.75, 3.05) is 37.7 Å². The third-order valence-corrected chi connectivity index (χ3v) is 4.68. The predicted octanol–water partition coefficient (Wildman–Crippen LogP) is 3.03. The number of nitrogens with zero attached hydrogens (tertiary/aromatic N) is 3. The van der Waals surface area contributed by atoms with Crippen LogP contribution in [-0.4, -0.2) is 54.7 Å². The second-order valence-electron chi connectivity index (χ2n) is 6.86. The predicted molar refractivity (Wildman–Crippen MR) is 107 cm³/mol. The fourth-order valence-electron chi connectivity index (χ4n) is 3.05. The van der Waals surface area contributed by atoms with Crippen molar-refractivity contribution < 1.29 is 18.8 Å². The number of benzene rings is 2. The first-order valence-corrected chi connectivity index (χ1v) is 9.35. The number of rotatable bonds is 6. The van der Waals surface area contributed by atoms with E-state index in [9.17, 15) is 19.3 Å². The van der Waals surface area contributed by atoms with Crippen LogP contribution in [0.4, 0.5) is 20.6 Å². The van der Waals surface area contributed by atoms with E-state index < -0.39 is 4.92 Å². The van der Waals surface area contributed by atoms with Crippen LogP contribution >= 0.6 is 0 Å². The molecular weight excluding hydrogens is 379 g/mol. The van der Waals surface area contributed by atoms with Crippen LogP contribution in [0.15, 0.2) is 48.5 Å². The zero-order valence-corrected chi connectivity index (χ0v) is 16.1. The summed E-state index contributed by atoms with van der Waals surface area (Å²) in [6, 6.07) is 11.8. The summed E-state index contributed by atoms with van der Waals surface area (Å²) in [6.07, 6.45) is 0. The molecule has 1 N–H and O–H groups in total. The Hall–Kier alpha value is -3.36. The van der Waals surface area contributed by atoms with Gasteiger partial charge in [-0.05, 0) is 43.3 Å². The number of carbonyl (C=O) groups is 1. The summed E-state index contributed by atoms with van der Waals surface area (Å²) in [5.74, 6) is 0.218. The lowest BCUT2D eigenvalue weighted by Crippen LogP contribution is -2.53. The van der Waals surface area contributed by atoms with Gasteiger partial charge in [0.1, 0.15) is 18.2 Å². The summed E-state index contributed by atoms with van der Waals surface area (Å²) < 4.78 is 18.5. The number of hydrogen-bond donors (Lipinski definition) is 1. The Balaban J connectivity index is 1.43. The fraction of sp³-hybridized carbons (Fsp3) is 0.350. The highest BCUT2D eigenvalue weighted by molar-refractivity contribution is 5.75. The van der Waals surface area contributed by atoms with Crippen molar-refractivity contribution in [3.63, 3.8) is 0 Å². The van der Waals surface area contributed by atoms with E-state index in [4.69, 9.17) is 4.74 Å². The summed E-state index contributed by atoms with van der Waals surface area (Å²) in [7, 11) is 0. The first-order valence-electron chi connectivity index (χ1n) is 9.35. The Morgan fingerprint density at radius 2 is 1.76 bits per heavy atom. The first-order chi connectivity index (χ1) is 13.9. The van der Waals surface area contributed by atoms with Crippen molar-refractivity contribution in [1.82, 2.24) is 10.2 Å². The highest BCUT2D eigenvalue weighted by Crippen LogP contribution is 2.20. The standard InChI is InChI=1S/C20H23FN4O4/c1-15(14-29-19-8-2-16(21)3-9-19)22-20(26)24-12-10-23(11-13-24)17-4-6-18(7-5-17)25(27)28/h2-9,15H,10-14H2,1H3,(H,22,26). The molecule has 29 heavy (non-hydrogen) atoms. The normalized spacial score (nSPS) is 15.0. The summed E-state index contributed by atoms with van der Waals surface area (Å²) in [4.78, 5) is 26.6. The van der Waals surface area contributed by atoms with E-state index >= 15 is 0 Å². The third kappa shape index (κ3) is 5.56. The lowest BCUT2D eigenvalue weighted by Gasteiger charge is -2.36. The molecule has 1 heterocycles. The average Bonchev–Trinajstić information content (AvgIpc) is 2.73. The van der Waals surface area contributed by atoms with Crippen molar-refractivity contribution in [3.8, 4) is 5.75 Å². The molecule has 1 saturated heterocycles. The van der Waals surface area contributed by atoms with Gasteiger partial charge in [-0.2, -0.15) is 0 Å². The summed E-state index contributed by atoms with van der Waals surface area (Å²) in [6.45, 7) is 4.51. The van der Waals surface area contributed by atoms with Gasteiger partial charge in [0.2, 0.25) is 0 Å². The molecule has 2 amide bonds. The average molecular weight is 402 g/mol. The molecule has 9 heteroatoms. The van der Waals surface area contributed by atoms with Crippen molar-refractivity contribution in [2.45, 2.75) is 13.0 Å². The summed E-state index contributed by atoms with van der Waals surface area (Å²) in [5, 5.41) is 13.7. The fourth-order valence-corrected chi connectivity index (χ4v) is 3.05. The van der Waals surface area contributed by atoms with Crippen molar-refractivity contribution in [2.24, 2.45) is 0 Å². The number of hydrogen-bond acceptors (Lipinski definition) is 5. The van der Waals surface area contributed by atoms with E-state index in [0.29, 0.717) is 31.9 Å². The monoisotopic (exact) mass is 402 g/mol. The van der Waals surface area contributed by atoms with Crippen molar-refractivity contribution >= 4 is 17.4 Å². The summed E-state index contributed by atoms with van der Waals surface area (Å²) >= 11 is 0. The van der Waals surface area contributed by atoms with E-state index in [1.54, 1.807) is 29.2 Å². The Labute approximate surface area is 168 Å². The number of urea groups is 1. The lowest BCUT2D eigenvalue weighted by atomic mass is 10.2. The number of amides is 2. The van der Waals surface area contributed by atoms with Crippen LogP contribution in [0.3, 0.4) is 0 Å². The SMILES string of the molecule is CC(COc1ccc(F)cc1)NC(=O)N1CCN(c2ccc([N+](=O)[O-])cc2)CC1. The number of halogens is 1. The smallest absolute Gasteiger partial charge is 0.317 e. The van der Waals surface area contributed by atoms with Gasteiger partial charge in [-0.15, -0.1) is 0 Å². The molecular formula is C20H23FN4O4. The lowest BCUT2D eigenvalue weighted by molar-refractivity contribution is -0.384. The minimum absolute atomic E-state index is 0.0589. The minimum Gasteiger partial charge on any atom is -0.491 e. The van der Waals surface area contributed by atoms with E-state index in [1.807, 2.05) is 6.92 Å². The van der Waals surface area contributed by atoms with Crippen LogP contribution in [0.25, 0.3) is 0 Å². The molecule has 1 fully saturated rings. The van der Waals surface area contributed by atoms with Gasteiger partial charge in [-0.3, -0.25) is 10.1 Å². The number of piperazine rings is 1. The van der Waals surface area contributed by atoms with Gasteiger partial charge in [0.05, 0.1) is 11.0 Å². The number of anilines is 1. The van der Waals surface area contributed by atoms with E-state index in [-0.39, 0.29) is 30.2 Å². The Morgan fingerprint density at radius 1 is 1.14 bits per heavy atom. The van der Waals surface area contributed by atoms with Crippen LogP contribution in [-0.2, 0) is 0 Å². The van der Waals surface area contributed by atoms with Crippen molar-refractivity contribution in [3.05, 3.63) is 64.5 Å². The van der Waals surface area contributed by atoms with Crippen LogP contribution in [0.5, 0.6) is 5.75 Å². The number of non-ortho nitro benzene ring substituents is 1. The molecule has 1 aliphatic heterocycles. The number of nitro groups is 1. The van der Waals surface area contributed by atoms with Crippen LogP contribution in [0.2, 0.25) is 0 Å². The number of nitrogens with one attached hydrogen (secondary N) is 1. The number of ether oxygens (including phenoxy) is 1. The molecule has 0 aromatic heterocycles. The Morgan fingerprint density at radius 3 is 2.34 bits per heavy atom. The molecule has 3 rings (SSSR count). The zero-order valence-electron chi connectivity index (χ0n) is 16.1. The van der Waals surface area contributed by atoms with Crippen LogP contribution in [0, 0.1) is 15.9 Å². The quantitative estimate of drug-likeness (QED) is 0.593. The van der Waals surface area contributed by atoms with Gasteiger partial charge in [0.25, 0.3) is 5.69 Å². The van der Waals surface area contributed by atoms with Gasteiger partial charge in [-0.1, -0.05) is 0 Å². The summed E-state index contributed by atoms with van der Waals surface area (Å²) in [5.41, 5.74) is 0.959. The molecule has 1 atom stereocenters. The number of carbonyl (C=O) groups excluding carboxylic acids is 1. The molecule has 0 saturated carbocycles. The molecule has 1 aliphatic rings. The van der Waals surface area contributed by atoms with E-state index in [2.05, 4.69) is 10.2 Å². The maximum Gasteiger partial charge on any atom is 0.317 e. The second kappa shape index (κ2) is 9.22. The molecule has 1 unspecified atom stereocenters. The largest absolute Gasteiger partial charge is 0.491 e. The molecule has 154 valence electrons. The third-order valence-electron chi connectivity index (χ3n) is 4.68. The second-order valence-corrected chi connectivity index (χ2v) is 6.86. The molecule has 8 nitrogen and oxygen atoms in total. The van der Waals surface area contributed by atoms with Gasteiger partial charge >= 0.3 is 6.03 Å². The zero-order chi connectivity index (χ0) is 20.8. The van der Waals surface area contributed by atoms with Gasteiger partial charge in [0, 0.05) is 44.0 Å². The van der Waals surface area contributed by atoms with Crippen LogP contribution < -0.4 is 15.0 Å². The van der Waals surface area contributed by atoms with Crippen molar-refractivity contribution in [1.29, 1.82) is 0 Å². The molecule has 2 aromatic carbocycles. The highest BCUT2D eigenvalue weighted by Gasteiger charge is 2.22. The minimum atomic E-state index is -0.424. The molecule has 0 aliphatic carbocycles. The first kappa shape index (κ1) is 20.4. The maximum atomic E-state index is 12.9. The molecule has 0 radical (unpaired) electrons. The Kier molecular flexibility index (Phi) is 6.48. The molecule has 0 bridgehead atoms. The van der Waals surface area contributed by atoms with Gasteiger partial charge < -0.3 is 19.9 Å². The van der Waals surface area contributed by atoms with Gasteiger partial charge in [-0.25, -0.2) is 9.18 Å². The van der Waals surface area contributed by atoms with Gasteiger partial charge in [0.15, 0.2) is 0 Å². The Bertz CT molecular complexity index is 837. The van der Waals surface area contributed by atoms with E-state index in [0.717, 1.165) is 5.69 Å². The highest BCUT2D eigenvalue weighted by atomic mass is 19.1. The maximum absolute atomic E-state index is 12.9.